The Morgan fingerprint density at radius 2 is 2.44 bits per heavy atom. The molecule has 0 unspecified atom stereocenters. The van der Waals surface area contributed by atoms with Crippen LogP contribution in [0.4, 0.5) is 5.69 Å². The van der Waals surface area contributed by atoms with Crippen LogP contribution < -0.4 is 5.73 Å². The number of rotatable bonds is 5. The van der Waals surface area contributed by atoms with Crippen LogP contribution in [0.5, 0.6) is 0 Å². The van der Waals surface area contributed by atoms with Gasteiger partial charge in [0.05, 0.1) is 12.3 Å². The highest BCUT2D eigenvalue weighted by Crippen LogP contribution is 2.29. The fourth-order valence-corrected chi connectivity index (χ4v) is 1.99. The number of ether oxygens (including phenoxy) is 1. The predicted octanol–water partition coefficient (Wildman–Crippen LogP) is 1.96. The lowest BCUT2D eigenvalue weighted by molar-refractivity contribution is 0.149. The van der Waals surface area contributed by atoms with Gasteiger partial charge < -0.3 is 15.0 Å². The molecule has 5 nitrogen and oxygen atoms in total. The van der Waals surface area contributed by atoms with E-state index >= 15 is 0 Å². The van der Waals surface area contributed by atoms with Crippen molar-refractivity contribution >= 4 is 17.0 Å². The second-order valence-electron chi connectivity index (χ2n) is 3.17. The first-order valence-electron chi connectivity index (χ1n) is 5.05. The molecule has 0 saturated carbocycles. The number of nitrogens with zero attached hydrogens (tertiary/aromatic N) is 2. The summed E-state index contributed by atoms with van der Waals surface area (Å²) in [6.07, 6.45) is 0.655. The molecule has 0 aliphatic rings. The quantitative estimate of drug-likeness (QED) is 0.807. The van der Waals surface area contributed by atoms with E-state index < -0.39 is 0 Å². The fraction of sp³-hybridized carbons (Fsp3) is 0.400. The zero-order chi connectivity index (χ0) is 11.4. The van der Waals surface area contributed by atoms with Gasteiger partial charge in [-0.15, -0.1) is 11.3 Å². The van der Waals surface area contributed by atoms with Gasteiger partial charge in [-0.2, -0.15) is 4.98 Å². The second-order valence-corrected chi connectivity index (χ2v) is 4.08. The Hall–Kier alpha value is -1.40. The van der Waals surface area contributed by atoms with E-state index in [0.29, 0.717) is 37.0 Å². The molecule has 2 aromatic rings. The molecule has 0 bridgehead atoms. The van der Waals surface area contributed by atoms with Gasteiger partial charge in [0.25, 0.3) is 5.89 Å². The van der Waals surface area contributed by atoms with E-state index in [1.54, 1.807) is 0 Å². The predicted molar refractivity (Wildman–Crippen MR) is 62.2 cm³/mol. The van der Waals surface area contributed by atoms with E-state index in [1.807, 2.05) is 18.4 Å². The minimum Gasteiger partial charge on any atom is -0.397 e. The van der Waals surface area contributed by atoms with Gasteiger partial charge in [0.2, 0.25) is 0 Å². The topological polar surface area (TPSA) is 74.2 Å². The van der Waals surface area contributed by atoms with Crippen molar-refractivity contribution in [2.45, 2.75) is 13.3 Å². The molecular weight excluding hydrogens is 226 g/mol. The maximum atomic E-state index is 5.76. The zero-order valence-corrected chi connectivity index (χ0v) is 9.79. The number of aromatic nitrogens is 2. The van der Waals surface area contributed by atoms with Gasteiger partial charge in [-0.25, -0.2) is 0 Å². The van der Waals surface area contributed by atoms with E-state index in [0.717, 1.165) is 4.88 Å². The largest absolute Gasteiger partial charge is 0.397 e. The normalized spacial score (nSPS) is 10.8. The molecule has 0 aliphatic heterocycles. The van der Waals surface area contributed by atoms with E-state index in [9.17, 15) is 0 Å². The first-order chi connectivity index (χ1) is 7.81. The summed E-state index contributed by atoms with van der Waals surface area (Å²) >= 11 is 1.49. The lowest BCUT2D eigenvalue weighted by atomic mass is 10.4. The Balaban J connectivity index is 2.05. The number of nitrogen functional groups attached to an aromatic ring is 1. The van der Waals surface area contributed by atoms with Gasteiger partial charge in [-0.3, -0.25) is 0 Å². The van der Waals surface area contributed by atoms with Crippen LogP contribution in [0.2, 0.25) is 0 Å². The molecule has 6 heteroatoms. The molecular formula is C10H13N3O2S. The molecule has 0 spiro atoms. The third-order valence-electron chi connectivity index (χ3n) is 2.03. The summed E-state index contributed by atoms with van der Waals surface area (Å²) in [6.45, 7) is 3.26. The first-order valence-corrected chi connectivity index (χ1v) is 5.93. The van der Waals surface area contributed by atoms with Crippen molar-refractivity contribution in [3.05, 3.63) is 17.3 Å². The number of hydrogen-bond donors (Lipinski definition) is 1. The van der Waals surface area contributed by atoms with Gasteiger partial charge in [0.15, 0.2) is 5.82 Å². The van der Waals surface area contributed by atoms with Crippen molar-refractivity contribution in [1.29, 1.82) is 0 Å². The molecule has 0 aromatic carbocycles. The molecule has 0 saturated heterocycles. The Kier molecular flexibility index (Phi) is 3.53. The summed E-state index contributed by atoms with van der Waals surface area (Å²) in [7, 11) is 0. The maximum absolute atomic E-state index is 5.76. The van der Waals surface area contributed by atoms with Crippen LogP contribution in [0.1, 0.15) is 12.7 Å². The maximum Gasteiger partial charge on any atom is 0.270 e. The average molecular weight is 239 g/mol. The molecule has 0 radical (unpaired) electrons. The van der Waals surface area contributed by atoms with Gasteiger partial charge in [0, 0.05) is 13.0 Å². The van der Waals surface area contributed by atoms with Gasteiger partial charge in [-0.1, -0.05) is 5.16 Å². The Morgan fingerprint density at radius 3 is 3.12 bits per heavy atom. The summed E-state index contributed by atoms with van der Waals surface area (Å²) in [5.41, 5.74) is 6.43. The number of thiophene rings is 1. The minimum atomic E-state index is 0.485. The fourth-order valence-electron chi connectivity index (χ4n) is 1.25. The van der Waals surface area contributed by atoms with Crippen molar-refractivity contribution in [2.75, 3.05) is 18.9 Å². The van der Waals surface area contributed by atoms with Crippen LogP contribution in [0.3, 0.4) is 0 Å². The molecule has 2 aromatic heterocycles. The van der Waals surface area contributed by atoms with Crippen LogP contribution >= 0.6 is 11.3 Å². The molecule has 0 atom stereocenters. The summed E-state index contributed by atoms with van der Waals surface area (Å²) < 4.78 is 10.4. The van der Waals surface area contributed by atoms with Crippen LogP contribution in [-0.4, -0.2) is 23.4 Å². The molecule has 0 fully saturated rings. The molecule has 2 heterocycles. The lowest BCUT2D eigenvalue weighted by Gasteiger charge is -1.94. The number of anilines is 1. The van der Waals surface area contributed by atoms with Crippen LogP contribution in [-0.2, 0) is 11.2 Å². The standard InChI is InChI=1S/C10H13N3O2S/c1-2-14-5-3-8-12-10(15-13-8)9-7(11)4-6-16-9/h4,6H,2-3,5,11H2,1H3. The lowest BCUT2D eigenvalue weighted by Crippen LogP contribution is -1.99. The van der Waals surface area contributed by atoms with Crippen molar-refractivity contribution in [1.82, 2.24) is 10.1 Å². The molecule has 86 valence electrons. The van der Waals surface area contributed by atoms with Gasteiger partial charge in [0.1, 0.15) is 4.88 Å². The van der Waals surface area contributed by atoms with Crippen LogP contribution in [0.25, 0.3) is 10.8 Å². The smallest absolute Gasteiger partial charge is 0.270 e. The third kappa shape index (κ3) is 2.40. The summed E-state index contributed by atoms with van der Waals surface area (Å²) in [5.74, 6) is 1.13. The Labute approximate surface area is 97.2 Å². The molecule has 0 aliphatic carbocycles. The van der Waals surface area contributed by atoms with Gasteiger partial charge in [-0.05, 0) is 18.4 Å². The van der Waals surface area contributed by atoms with Crippen LogP contribution in [0.15, 0.2) is 16.0 Å². The molecule has 2 N–H and O–H groups in total. The third-order valence-corrected chi connectivity index (χ3v) is 2.95. The minimum absolute atomic E-state index is 0.485. The van der Waals surface area contributed by atoms with Crippen molar-refractivity contribution in [2.24, 2.45) is 0 Å². The molecule has 16 heavy (non-hydrogen) atoms. The highest BCUT2D eigenvalue weighted by atomic mass is 32.1. The van der Waals surface area contributed by atoms with E-state index in [1.165, 1.54) is 11.3 Å². The Bertz CT molecular complexity index is 452. The van der Waals surface area contributed by atoms with Gasteiger partial charge >= 0.3 is 0 Å². The summed E-state index contributed by atoms with van der Waals surface area (Å²) in [4.78, 5) is 5.09. The molecule has 0 amide bonds. The second kappa shape index (κ2) is 5.09. The van der Waals surface area contributed by atoms with Crippen molar-refractivity contribution in [3.8, 4) is 10.8 Å². The number of hydrogen-bond acceptors (Lipinski definition) is 6. The van der Waals surface area contributed by atoms with E-state index in [4.69, 9.17) is 15.0 Å². The average Bonchev–Trinajstić information content (AvgIpc) is 2.87. The van der Waals surface area contributed by atoms with Crippen molar-refractivity contribution < 1.29 is 9.26 Å². The highest BCUT2D eigenvalue weighted by Gasteiger charge is 2.12. The summed E-state index contributed by atoms with van der Waals surface area (Å²) in [5, 5.41) is 5.77. The number of nitrogens with two attached hydrogens (primary N) is 1. The van der Waals surface area contributed by atoms with Crippen molar-refractivity contribution in [3.63, 3.8) is 0 Å². The van der Waals surface area contributed by atoms with E-state index in [2.05, 4.69) is 10.1 Å². The SMILES string of the molecule is CCOCCc1noc(-c2sccc2N)n1. The first kappa shape index (κ1) is 11.1. The summed E-state index contributed by atoms with van der Waals surface area (Å²) in [6, 6.07) is 1.82. The Morgan fingerprint density at radius 1 is 1.56 bits per heavy atom. The highest BCUT2D eigenvalue weighted by molar-refractivity contribution is 7.14. The van der Waals surface area contributed by atoms with E-state index in [-0.39, 0.29) is 0 Å². The van der Waals surface area contributed by atoms with Crippen LogP contribution in [0, 0.1) is 0 Å². The monoisotopic (exact) mass is 239 g/mol. The molecule has 2 rings (SSSR count). The zero-order valence-electron chi connectivity index (χ0n) is 8.97.